The number of sulfonamides is 1. The van der Waals surface area contributed by atoms with Crippen molar-refractivity contribution >= 4 is 42.6 Å². The highest BCUT2D eigenvalue weighted by molar-refractivity contribution is 7.89. The van der Waals surface area contributed by atoms with E-state index in [2.05, 4.69) is 10.3 Å². The van der Waals surface area contributed by atoms with E-state index in [0.29, 0.717) is 29.3 Å². The number of rotatable bonds is 4. The molecule has 4 rings (SSSR count). The van der Waals surface area contributed by atoms with E-state index in [0.717, 1.165) is 29.5 Å². The molecule has 1 fully saturated rings. The molecule has 0 unspecified atom stereocenters. The van der Waals surface area contributed by atoms with Crippen LogP contribution in [0.4, 0.5) is 5.13 Å². The van der Waals surface area contributed by atoms with Crippen LogP contribution in [-0.4, -0.2) is 36.7 Å². The van der Waals surface area contributed by atoms with Crippen molar-refractivity contribution in [1.29, 1.82) is 0 Å². The summed E-state index contributed by atoms with van der Waals surface area (Å²) >= 11 is 1.28. The zero-order valence-corrected chi connectivity index (χ0v) is 17.1. The van der Waals surface area contributed by atoms with Gasteiger partial charge in [-0.3, -0.25) is 10.1 Å². The number of fused-ring (bicyclic) bond motifs is 1. The summed E-state index contributed by atoms with van der Waals surface area (Å²) < 4.78 is 28.0. The van der Waals surface area contributed by atoms with Gasteiger partial charge in [0.25, 0.3) is 5.91 Å². The van der Waals surface area contributed by atoms with Gasteiger partial charge >= 0.3 is 0 Å². The molecule has 1 aromatic heterocycles. The number of benzene rings is 2. The third-order valence-electron chi connectivity index (χ3n) is 4.92. The van der Waals surface area contributed by atoms with Gasteiger partial charge in [0.2, 0.25) is 10.0 Å². The lowest BCUT2D eigenvalue weighted by atomic mass is 10.1. The predicted octanol–water partition coefficient (Wildman–Crippen LogP) is 4.03. The Morgan fingerprint density at radius 2 is 1.86 bits per heavy atom. The van der Waals surface area contributed by atoms with Gasteiger partial charge in [-0.25, -0.2) is 13.4 Å². The van der Waals surface area contributed by atoms with Crippen molar-refractivity contribution in [1.82, 2.24) is 9.29 Å². The Morgan fingerprint density at radius 3 is 2.61 bits per heavy atom. The highest BCUT2D eigenvalue weighted by atomic mass is 32.2. The van der Waals surface area contributed by atoms with Crippen LogP contribution in [0, 0.1) is 6.92 Å². The summed E-state index contributed by atoms with van der Waals surface area (Å²) in [7, 11) is -3.49. The largest absolute Gasteiger partial charge is 0.298 e. The Kier molecular flexibility index (Phi) is 5.18. The van der Waals surface area contributed by atoms with E-state index in [-0.39, 0.29) is 10.8 Å². The highest BCUT2D eigenvalue weighted by Crippen LogP contribution is 2.30. The molecule has 1 N–H and O–H groups in total. The molecule has 8 heteroatoms. The molecule has 0 bridgehead atoms. The minimum Gasteiger partial charge on any atom is -0.298 e. The predicted molar refractivity (Wildman–Crippen MR) is 111 cm³/mol. The van der Waals surface area contributed by atoms with E-state index in [9.17, 15) is 13.2 Å². The quantitative estimate of drug-likeness (QED) is 0.698. The van der Waals surface area contributed by atoms with Crippen molar-refractivity contribution < 1.29 is 13.2 Å². The average molecular weight is 416 g/mol. The topological polar surface area (TPSA) is 79.4 Å². The van der Waals surface area contributed by atoms with Crippen LogP contribution >= 0.6 is 11.3 Å². The van der Waals surface area contributed by atoms with Crippen LogP contribution < -0.4 is 5.32 Å². The molecule has 0 spiro atoms. The molecule has 0 atom stereocenters. The summed E-state index contributed by atoms with van der Waals surface area (Å²) in [4.78, 5) is 17.2. The Labute approximate surface area is 168 Å². The number of piperidine rings is 1. The number of hydrogen-bond donors (Lipinski definition) is 1. The molecule has 0 aliphatic carbocycles. The molecule has 146 valence electrons. The molecule has 3 aromatic rings. The Balaban J connectivity index is 1.60. The van der Waals surface area contributed by atoms with Crippen LogP contribution in [0.3, 0.4) is 0 Å². The first kappa shape index (κ1) is 19.0. The number of aromatic nitrogens is 1. The van der Waals surface area contributed by atoms with Gasteiger partial charge in [0.15, 0.2) is 5.13 Å². The van der Waals surface area contributed by atoms with Crippen LogP contribution in [0.15, 0.2) is 47.4 Å². The van der Waals surface area contributed by atoms with Gasteiger partial charge in [0, 0.05) is 18.7 Å². The van der Waals surface area contributed by atoms with Crippen molar-refractivity contribution in [3.63, 3.8) is 0 Å². The fraction of sp³-hybridized carbons (Fsp3) is 0.300. The Hall–Kier alpha value is -2.29. The van der Waals surface area contributed by atoms with Crippen LogP contribution in [0.5, 0.6) is 0 Å². The summed E-state index contributed by atoms with van der Waals surface area (Å²) in [6.07, 6.45) is 2.87. The summed E-state index contributed by atoms with van der Waals surface area (Å²) in [6, 6.07) is 12.3. The van der Waals surface area contributed by atoms with Crippen LogP contribution in [0.2, 0.25) is 0 Å². The second-order valence-electron chi connectivity index (χ2n) is 6.88. The fourth-order valence-electron chi connectivity index (χ4n) is 3.37. The van der Waals surface area contributed by atoms with E-state index >= 15 is 0 Å². The number of amides is 1. The SMILES string of the molecule is Cc1ccccc1C(=O)Nc1nc2ccc(S(=O)(=O)N3CCCCC3)cc2s1. The monoisotopic (exact) mass is 415 g/mol. The molecule has 2 heterocycles. The summed E-state index contributed by atoms with van der Waals surface area (Å²) in [5.74, 6) is -0.224. The maximum atomic E-state index is 12.9. The van der Waals surface area contributed by atoms with Crippen molar-refractivity contribution in [3.8, 4) is 0 Å². The molecule has 1 amide bonds. The Morgan fingerprint density at radius 1 is 1.11 bits per heavy atom. The first-order valence-corrected chi connectivity index (χ1v) is 11.5. The summed E-state index contributed by atoms with van der Waals surface area (Å²) in [6.45, 7) is 3.02. The zero-order chi connectivity index (χ0) is 19.7. The van der Waals surface area contributed by atoms with Gasteiger partial charge in [0.05, 0.1) is 15.1 Å². The van der Waals surface area contributed by atoms with Crippen molar-refractivity contribution in [2.45, 2.75) is 31.1 Å². The maximum absolute atomic E-state index is 12.9. The lowest BCUT2D eigenvalue weighted by molar-refractivity contribution is 0.102. The van der Waals surface area contributed by atoms with Crippen LogP contribution in [0.1, 0.15) is 35.2 Å². The molecule has 6 nitrogen and oxygen atoms in total. The third kappa shape index (κ3) is 3.67. The van der Waals surface area contributed by atoms with Gasteiger partial charge in [-0.05, 0) is 49.6 Å². The first-order chi connectivity index (χ1) is 13.4. The van der Waals surface area contributed by atoms with Gasteiger partial charge in [-0.15, -0.1) is 0 Å². The van der Waals surface area contributed by atoms with E-state index in [4.69, 9.17) is 0 Å². The van der Waals surface area contributed by atoms with E-state index in [1.54, 1.807) is 28.6 Å². The molecule has 1 aliphatic rings. The van der Waals surface area contributed by atoms with Crippen molar-refractivity contribution in [2.24, 2.45) is 0 Å². The number of aryl methyl sites for hydroxylation is 1. The van der Waals surface area contributed by atoms with E-state index in [1.807, 2.05) is 25.1 Å². The number of carbonyl (C=O) groups is 1. The third-order valence-corrected chi connectivity index (χ3v) is 7.75. The number of anilines is 1. The minimum atomic E-state index is -3.49. The number of nitrogens with one attached hydrogen (secondary N) is 1. The molecule has 28 heavy (non-hydrogen) atoms. The smallest absolute Gasteiger partial charge is 0.257 e. The number of hydrogen-bond acceptors (Lipinski definition) is 5. The second kappa shape index (κ2) is 7.62. The maximum Gasteiger partial charge on any atom is 0.257 e. The molecule has 0 saturated carbocycles. The summed E-state index contributed by atoms with van der Waals surface area (Å²) in [5.41, 5.74) is 2.15. The minimum absolute atomic E-state index is 0.224. The lowest BCUT2D eigenvalue weighted by Gasteiger charge is -2.25. The average Bonchev–Trinajstić information content (AvgIpc) is 3.10. The second-order valence-corrected chi connectivity index (χ2v) is 9.85. The van der Waals surface area contributed by atoms with Gasteiger partial charge in [-0.2, -0.15) is 4.31 Å². The van der Waals surface area contributed by atoms with Gasteiger partial charge in [-0.1, -0.05) is 36.0 Å². The molecular weight excluding hydrogens is 394 g/mol. The van der Waals surface area contributed by atoms with Crippen LogP contribution in [0.25, 0.3) is 10.2 Å². The highest BCUT2D eigenvalue weighted by Gasteiger charge is 2.26. The molecule has 1 saturated heterocycles. The summed E-state index contributed by atoms with van der Waals surface area (Å²) in [5, 5.41) is 3.27. The first-order valence-electron chi connectivity index (χ1n) is 9.23. The lowest BCUT2D eigenvalue weighted by Crippen LogP contribution is -2.35. The molecule has 1 aliphatic heterocycles. The molecular formula is C20H21N3O3S2. The number of carbonyl (C=O) groups excluding carboxylic acids is 1. The molecule has 0 radical (unpaired) electrons. The fourth-order valence-corrected chi connectivity index (χ4v) is 5.88. The number of thiazole rings is 1. The van der Waals surface area contributed by atoms with Crippen LogP contribution in [-0.2, 0) is 10.0 Å². The van der Waals surface area contributed by atoms with Crippen molar-refractivity contribution in [3.05, 3.63) is 53.6 Å². The standard InChI is InChI=1S/C20H21N3O3S2/c1-14-7-3-4-8-16(14)19(24)22-20-21-17-10-9-15(13-18(17)27-20)28(25,26)23-11-5-2-6-12-23/h3-4,7-10,13H,2,5-6,11-12H2,1H3,(H,21,22,24). The molecule has 2 aromatic carbocycles. The Bertz CT molecular complexity index is 1130. The van der Waals surface area contributed by atoms with Crippen molar-refractivity contribution in [2.75, 3.05) is 18.4 Å². The van der Waals surface area contributed by atoms with Gasteiger partial charge < -0.3 is 0 Å². The number of nitrogens with zero attached hydrogens (tertiary/aromatic N) is 2. The normalized spacial score (nSPS) is 15.6. The van der Waals surface area contributed by atoms with Gasteiger partial charge in [0.1, 0.15) is 0 Å². The zero-order valence-electron chi connectivity index (χ0n) is 15.5. The van der Waals surface area contributed by atoms with E-state index < -0.39 is 10.0 Å². The van der Waals surface area contributed by atoms with E-state index in [1.165, 1.54) is 11.3 Å².